The maximum absolute atomic E-state index is 10.5. The summed E-state index contributed by atoms with van der Waals surface area (Å²) in [5.41, 5.74) is 0. The summed E-state index contributed by atoms with van der Waals surface area (Å²) in [4.78, 5) is 10.5. The first-order valence-electron chi connectivity index (χ1n) is 5.42. The fraction of sp³-hybridized carbons (Fsp3) is 0.700. The monoisotopic (exact) mass is 241 g/mol. The molecule has 88 valence electrons. The molecular weight excluding hydrogens is 226 g/mol. The Morgan fingerprint density at radius 2 is 2.19 bits per heavy atom. The quantitative estimate of drug-likeness (QED) is 0.812. The Kier molecular flexibility index (Phi) is 3.48. The van der Waals surface area contributed by atoms with Crippen LogP contribution in [0.1, 0.15) is 37.4 Å². The van der Waals surface area contributed by atoms with Gasteiger partial charge >= 0.3 is 5.97 Å². The smallest absolute Gasteiger partial charge is 0.313 e. The molecule has 1 saturated carbocycles. The van der Waals surface area contributed by atoms with Gasteiger partial charge < -0.3 is 9.67 Å². The van der Waals surface area contributed by atoms with Crippen molar-refractivity contribution < 1.29 is 9.90 Å². The van der Waals surface area contributed by atoms with Gasteiger partial charge in [-0.25, -0.2) is 0 Å². The van der Waals surface area contributed by atoms with E-state index < -0.39 is 5.97 Å². The number of carboxylic acids is 1. The summed E-state index contributed by atoms with van der Waals surface area (Å²) in [5, 5.41) is 17.5. The molecule has 2 rings (SSSR count). The number of carbonyl (C=O) groups is 1. The Balaban J connectivity index is 2.07. The fourth-order valence-corrected chi connectivity index (χ4v) is 2.76. The van der Waals surface area contributed by atoms with Gasteiger partial charge in [-0.05, 0) is 12.8 Å². The zero-order valence-electron chi connectivity index (χ0n) is 9.22. The second-order valence-electron chi connectivity index (χ2n) is 4.06. The summed E-state index contributed by atoms with van der Waals surface area (Å²) in [6.45, 7) is 0. The van der Waals surface area contributed by atoms with E-state index in [2.05, 4.69) is 10.2 Å². The summed E-state index contributed by atoms with van der Waals surface area (Å²) in [6, 6.07) is 0. The summed E-state index contributed by atoms with van der Waals surface area (Å²) < 4.78 is 1.93. The van der Waals surface area contributed by atoms with Crippen molar-refractivity contribution in [2.75, 3.05) is 5.75 Å². The van der Waals surface area contributed by atoms with Crippen LogP contribution in [0.5, 0.6) is 0 Å². The highest BCUT2D eigenvalue weighted by Crippen LogP contribution is 2.33. The molecule has 1 aliphatic carbocycles. The van der Waals surface area contributed by atoms with Crippen LogP contribution in [-0.4, -0.2) is 31.6 Å². The molecular formula is C10H15N3O2S. The fourth-order valence-electron chi connectivity index (χ4n) is 2.12. The molecule has 1 heterocycles. The van der Waals surface area contributed by atoms with Crippen LogP contribution in [0.4, 0.5) is 0 Å². The number of hydrogen-bond acceptors (Lipinski definition) is 4. The molecule has 1 aromatic rings. The first-order chi connectivity index (χ1) is 7.68. The largest absolute Gasteiger partial charge is 0.481 e. The molecule has 0 aliphatic heterocycles. The molecule has 0 unspecified atom stereocenters. The van der Waals surface area contributed by atoms with E-state index in [1.165, 1.54) is 37.4 Å². The molecule has 0 radical (unpaired) electrons. The van der Waals surface area contributed by atoms with E-state index in [4.69, 9.17) is 5.11 Å². The third kappa shape index (κ3) is 2.37. The lowest BCUT2D eigenvalue weighted by Crippen LogP contribution is -2.05. The highest BCUT2D eigenvalue weighted by atomic mass is 32.2. The Morgan fingerprint density at radius 1 is 1.50 bits per heavy atom. The van der Waals surface area contributed by atoms with Crippen LogP contribution in [0.3, 0.4) is 0 Å². The molecule has 0 bridgehead atoms. The van der Waals surface area contributed by atoms with Crippen molar-refractivity contribution in [3.8, 4) is 0 Å². The number of hydrogen-bond donors (Lipinski definition) is 1. The van der Waals surface area contributed by atoms with Crippen molar-refractivity contribution in [3.05, 3.63) is 5.82 Å². The lowest BCUT2D eigenvalue weighted by molar-refractivity contribution is -0.133. The number of rotatable bonds is 4. The standard InChI is InChI=1S/C10H15N3O2S/c1-13-9(7-4-2-3-5-7)11-12-10(13)16-6-8(14)15/h7H,2-6H2,1H3,(H,14,15). The predicted molar refractivity (Wildman–Crippen MR) is 60.6 cm³/mol. The molecule has 0 amide bonds. The van der Waals surface area contributed by atoms with E-state index >= 15 is 0 Å². The molecule has 1 N–H and O–H groups in total. The Hall–Kier alpha value is -1.04. The summed E-state index contributed by atoms with van der Waals surface area (Å²) >= 11 is 1.22. The van der Waals surface area contributed by atoms with Gasteiger partial charge in [-0.15, -0.1) is 10.2 Å². The van der Waals surface area contributed by atoms with Crippen molar-refractivity contribution in [3.63, 3.8) is 0 Å². The maximum atomic E-state index is 10.5. The van der Waals surface area contributed by atoms with E-state index in [9.17, 15) is 4.79 Å². The summed E-state index contributed by atoms with van der Waals surface area (Å²) in [5.74, 6) is 0.730. The lowest BCUT2D eigenvalue weighted by Gasteiger charge is -2.08. The van der Waals surface area contributed by atoms with Gasteiger partial charge in [0, 0.05) is 13.0 Å². The highest BCUT2D eigenvalue weighted by Gasteiger charge is 2.23. The molecule has 1 aliphatic rings. The van der Waals surface area contributed by atoms with Crippen LogP contribution >= 0.6 is 11.8 Å². The van der Waals surface area contributed by atoms with E-state index in [-0.39, 0.29) is 5.75 Å². The summed E-state index contributed by atoms with van der Waals surface area (Å²) in [7, 11) is 1.91. The van der Waals surface area contributed by atoms with Crippen LogP contribution in [0.25, 0.3) is 0 Å². The number of carboxylic acid groups (broad SMARTS) is 1. The second-order valence-corrected chi connectivity index (χ2v) is 5.01. The number of aliphatic carboxylic acids is 1. The minimum atomic E-state index is -0.824. The Bertz CT molecular complexity index is 385. The number of nitrogens with zero attached hydrogens (tertiary/aromatic N) is 3. The molecule has 6 heteroatoms. The van der Waals surface area contributed by atoms with Crippen LogP contribution in [0, 0.1) is 0 Å². The normalized spacial score (nSPS) is 16.8. The van der Waals surface area contributed by atoms with Gasteiger partial charge in [0.25, 0.3) is 0 Å². The van der Waals surface area contributed by atoms with E-state index in [0.29, 0.717) is 11.1 Å². The van der Waals surface area contributed by atoms with Gasteiger partial charge in [0.05, 0.1) is 5.75 Å². The minimum Gasteiger partial charge on any atom is -0.481 e. The Labute approximate surface area is 98.3 Å². The third-order valence-electron chi connectivity index (χ3n) is 2.91. The first kappa shape index (κ1) is 11.4. The lowest BCUT2D eigenvalue weighted by atomic mass is 10.1. The second kappa shape index (κ2) is 4.86. The first-order valence-corrected chi connectivity index (χ1v) is 6.41. The van der Waals surface area contributed by atoms with Crippen molar-refractivity contribution >= 4 is 17.7 Å². The molecule has 0 saturated heterocycles. The van der Waals surface area contributed by atoms with Crippen molar-refractivity contribution in [1.29, 1.82) is 0 Å². The molecule has 0 aromatic carbocycles. The highest BCUT2D eigenvalue weighted by molar-refractivity contribution is 7.99. The number of thioether (sulfide) groups is 1. The molecule has 1 aromatic heterocycles. The van der Waals surface area contributed by atoms with E-state index in [0.717, 1.165) is 5.82 Å². The third-order valence-corrected chi connectivity index (χ3v) is 3.92. The Morgan fingerprint density at radius 3 is 2.81 bits per heavy atom. The van der Waals surface area contributed by atoms with Crippen molar-refractivity contribution in [1.82, 2.24) is 14.8 Å². The van der Waals surface area contributed by atoms with Crippen LogP contribution in [0.2, 0.25) is 0 Å². The van der Waals surface area contributed by atoms with Gasteiger partial charge in [0.15, 0.2) is 5.16 Å². The van der Waals surface area contributed by atoms with Crippen molar-refractivity contribution in [2.45, 2.75) is 36.8 Å². The maximum Gasteiger partial charge on any atom is 0.313 e. The van der Waals surface area contributed by atoms with Gasteiger partial charge in [-0.1, -0.05) is 24.6 Å². The molecule has 5 nitrogen and oxygen atoms in total. The number of aromatic nitrogens is 3. The van der Waals surface area contributed by atoms with Gasteiger partial charge in [-0.3, -0.25) is 4.79 Å². The van der Waals surface area contributed by atoms with Gasteiger partial charge in [0.2, 0.25) is 0 Å². The average molecular weight is 241 g/mol. The van der Waals surface area contributed by atoms with E-state index in [1.807, 2.05) is 11.6 Å². The van der Waals surface area contributed by atoms with E-state index in [1.54, 1.807) is 0 Å². The summed E-state index contributed by atoms with van der Waals surface area (Å²) in [6.07, 6.45) is 4.87. The zero-order chi connectivity index (χ0) is 11.5. The molecule has 1 fully saturated rings. The predicted octanol–water partition coefficient (Wildman–Crippen LogP) is 1.65. The average Bonchev–Trinajstić information content (AvgIpc) is 2.84. The van der Waals surface area contributed by atoms with Crippen LogP contribution in [0.15, 0.2) is 5.16 Å². The SMILES string of the molecule is Cn1c(SCC(=O)O)nnc1C1CCCC1. The van der Waals surface area contributed by atoms with Crippen molar-refractivity contribution in [2.24, 2.45) is 7.05 Å². The molecule has 0 spiro atoms. The molecule has 16 heavy (non-hydrogen) atoms. The van der Waals surface area contributed by atoms with Gasteiger partial charge in [0.1, 0.15) is 5.82 Å². The topological polar surface area (TPSA) is 68.0 Å². The zero-order valence-corrected chi connectivity index (χ0v) is 10.0. The van der Waals surface area contributed by atoms with Crippen LogP contribution in [-0.2, 0) is 11.8 Å². The van der Waals surface area contributed by atoms with Gasteiger partial charge in [-0.2, -0.15) is 0 Å². The minimum absolute atomic E-state index is 0.0383. The molecule has 0 atom stereocenters. The van der Waals surface area contributed by atoms with Crippen LogP contribution < -0.4 is 0 Å².